The fraction of sp³-hybridized carbons (Fsp3) is 0.440. The standard InChI is InChI=1S/C25H31FO/c1-5-18(4)27-25-16-24(26)23(15-17(25)3)22-13-11-21(12-14-22)20-9-7-19(6-2)8-10-20/h5,11-16,18-20H,1,6-10H2,2-4H3. The van der Waals surface area contributed by atoms with Gasteiger partial charge in [0.15, 0.2) is 0 Å². The van der Waals surface area contributed by atoms with Crippen LogP contribution in [-0.4, -0.2) is 6.10 Å². The number of hydrogen-bond donors (Lipinski definition) is 0. The molecule has 1 nitrogen and oxygen atoms in total. The summed E-state index contributed by atoms with van der Waals surface area (Å²) in [6.07, 6.45) is 8.09. The van der Waals surface area contributed by atoms with Gasteiger partial charge in [-0.15, -0.1) is 0 Å². The van der Waals surface area contributed by atoms with E-state index in [9.17, 15) is 4.39 Å². The Balaban J connectivity index is 1.77. The molecule has 2 heteroatoms. The maximum absolute atomic E-state index is 14.7. The molecule has 1 fully saturated rings. The highest BCUT2D eigenvalue weighted by atomic mass is 19.1. The summed E-state index contributed by atoms with van der Waals surface area (Å²) in [5.41, 5.74) is 3.88. The molecule has 2 aromatic rings. The van der Waals surface area contributed by atoms with Gasteiger partial charge < -0.3 is 4.74 Å². The zero-order valence-electron chi connectivity index (χ0n) is 16.8. The van der Waals surface area contributed by atoms with Crippen LogP contribution in [0.25, 0.3) is 11.1 Å². The molecule has 0 amide bonds. The van der Waals surface area contributed by atoms with Crippen LogP contribution in [0.1, 0.15) is 63.0 Å². The van der Waals surface area contributed by atoms with Crippen LogP contribution in [0.2, 0.25) is 0 Å². The molecule has 0 spiro atoms. The van der Waals surface area contributed by atoms with Crippen molar-refractivity contribution in [3.8, 4) is 16.9 Å². The van der Waals surface area contributed by atoms with Crippen LogP contribution in [0, 0.1) is 18.7 Å². The number of ether oxygens (including phenoxy) is 1. The number of halogens is 1. The lowest BCUT2D eigenvalue weighted by atomic mass is 9.77. The Bertz CT molecular complexity index is 770. The zero-order chi connectivity index (χ0) is 19.4. The van der Waals surface area contributed by atoms with Crippen LogP contribution in [0.3, 0.4) is 0 Å². The van der Waals surface area contributed by atoms with Gasteiger partial charge in [-0.25, -0.2) is 4.39 Å². The third-order valence-corrected chi connectivity index (χ3v) is 6.03. The minimum absolute atomic E-state index is 0.143. The fourth-order valence-electron chi connectivity index (χ4n) is 4.10. The van der Waals surface area contributed by atoms with E-state index in [1.165, 1.54) is 43.7 Å². The van der Waals surface area contributed by atoms with Crippen molar-refractivity contribution < 1.29 is 9.13 Å². The summed E-state index contributed by atoms with van der Waals surface area (Å²) in [5.74, 6) is 1.89. The molecule has 0 aliphatic heterocycles. The summed E-state index contributed by atoms with van der Waals surface area (Å²) in [5, 5.41) is 0. The Labute approximate surface area is 163 Å². The molecule has 1 atom stereocenters. The Morgan fingerprint density at radius 3 is 2.41 bits per heavy atom. The number of benzene rings is 2. The molecular weight excluding hydrogens is 335 g/mol. The number of rotatable bonds is 6. The van der Waals surface area contributed by atoms with E-state index < -0.39 is 0 Å². The van der Waals surface area contributed by atoms with Gasteiger partial charge in [0, 0.05) is 11.6 Å². The average Bonchev–Trinajstić information content (AvgIpc) is 2.70. The molecule has 0 heterocycles. The molecule has 27 heavy (non-hydrogen) atoms. The Morgan fingerprint density at radius 1 is 1.15 bits per heavy atom. The molecule has 1 aliphatic carbocycles. The van der Waals surface area contributed by atoms with Crippen molar-refractivity contribution >= 4 is 0 Å². The van der Waals surface area contributed by atoms with Crippen molar-refractivity contribution in [3.05, 3.63) is 66.0 Å². The normalized spacial score (nSPS) is 20.9. The summed E-state index contributed by atoms with van der Waals surface area (Å²) in [7, 11) is 0. The third kappa shape index (κ3) is 4.61. The van der Waals surface area contributed by atoms with Gasteiger partial charge in [-0.05, 0) is 74.1 Å². The van der Waals surface area contributed by atoms with Crippen LogP contribution in [0.4, 0.5) is 4.39 Å². The third-order valence-electron chi connectivity index (χ3n) is 6.03. The molecule has 0 saturated heterocycles. The molecule has 1 saturated carbocycles. The Kier molecular flexibility index (Phi) is 6.36. The quantitative estimate of drug-likeness (QED) is 0.483. The van der Waals surface area contributed by atoms with E-state index in [0.717, 1.165) is 17.0 Å². The lowest BCUT2D eigenvalue weighted by Gasteiger charge is -2.28. The average molecular weight is 367 g/mol. The van der Waals surface area contributed by atoms with Gasteiger partial charge in [0.1, 0.15) is 17.7 Å². The number of aryl methyl sites for hydroxylation is 1. The van der Waals surface area contributed by atoms with Crippen molar-refractivity contribution in [2.24, 2.45) is 5.92 Å². The van der Waals surface area contributed by atoms with Gasteiger partial charge >= 0.3 is 0 Å². The first kappa shape index (κ1) is 19.7. The van der Waals surface area contributed by atoms with Crippen molar-refractivity contribution in [2.45, 2.75) is 64.9 Å². The van der Waals surface area contributed by atoms with Crippen LogP contribution >= 0.6 is 0 Å². The fourth-order valence-corrected chi connectivity index (χ4v) is 4.10. The minimum Gasteiger partial charge on any atom is -0.486 e. The predicted octanol–water partition coefficient (Wildman–Crippen LogP) is 7.44. The maximum Gasteiger partial charge on any atom is 0.134 e. The largest absolute Gasteiger partial charge is 0.486 e. The molecule has 1 unspecified atom stereocenters. The predicted molar refractivity (Wildman–Crippen MR) is 112 cm³/mol. The summed E-state index contributed by atoms with van der Waals surface area (Å²) in [6.45, 7) is 9.85. The van der Waals surface area contributed by atoms with Gasteiger partial charge in [0.05, 0.1) is 0 Å². The van der Waals surface area contributed by atoms with Crippen LogP contribution in [-0.2, 0) is 0 Å². The summed E-state index contributed by atoms with van der Waals surface area (Å²) in [6, 6.07) is 11.9. The Hall–Kier alpha value is -2.09. The SMILES string of the molecule is C=CC(C)Oc1cc(F)c(-c2ccc(C3CCC(CC)CC3)cc2)cc1C. The first-order valence-electron chi connectivity index (χ1n) is 10.2. The second-order valence-corrected chi connectivity index (χ2v) is 7.90. The van der Waals surface area contributed by atoms with Crippen molar-refractivity contribution in [3.63, 3.8) is 0 Å². The molecule has 3 rings (SSSR count). The molecular formula is C25H31FO. The van der Waals surface area contributed by atoms with Gasteiger partial charge in [0.25, 0.3) is 0 Å². The van der Waals surface area contributed by atoms with E-state index in [-0.39, 0.29) is 11.9 Å². The minimum atomic E-state index is -0.247. The maximum atomic E-state index is 14.7. The highest BCUT2D eigenvalue weighted by molar-refractivity contribution is 5.67. The zero-order valence-corrected chi connectivity index (χ0v) is 16.8. The first-order chi connectivity index (χ1) is 13.0. The molecule has 2 aromatic carbocycles. The lowest BCUT2D eigenvalue weighted by molar-refractivity contribution is 0.267. The highest BCUT2D eigenvalue weighted by Gasteiger charge is 2.21. The Morgan fingerprint density at radius 2 is 1.81 bits per heavy atom. The van der Waals surface area contributed by atoms with E-state index >= 15 is 0 Å². The van der Waals surface area contributed by atoms with Gasteiger partial charge in [-0.2, -0.15) is 0 Å². The number of hydrogen-bond acceptors (Lipinski definition) is 1. The summed E-state index contributed by atoms with van der Waals surface area (Å²) in [4.78, 5) is 0. The van der Waals surface area contributed by atoms with E-state index in [2.05, 4.69) is 37.8 Å². The van der Waals surface area contributed by atoms with Crippen molar-refractivity contribution in [2.75, 3.05) is 0 Å². The van der Waals surface area contributed by atoms with E-state index in [1.807, 2.05) is 19.9 Å². The van der Waals surface area contributed by atoms with Crippen LogP contribution in [0.15, 0.2) is 49.1 Å². The molecule has 0 aromatic heterocycles. The smallest absolute Gasteiger partial charge is 0.134 e. The molecule has 0 bridgehead atoms. The van der Waals surface area contributed by atoms with E-state index in [1.54, 1.807) is 6.08 Å². The van der Waals surface area contributed by atoms with Crippen molar-refractivity contribution in [1.82, 2.24) is 0 Å². The highest BCUT2D eigenvalue weighted by Crippen LogP contribution is 2.38. The van der Waals surface area contributed by atoms with Crippen LogP contribution < -0.4 is 4.74 Å². The van der Waals surface area contributed by atoms with E-state index in [4.69, 9.17) is 4.74 Å². The molecule has 1 aliphatic rings. The lowest BCUT2D eigenvalue weighted by Crippen LogP contribution is -2.12. The molecule has 0 radical (unpaired) electrons. The first-order valence-corrected chi connectivity index (χ1v) is 10.2. The van der Waals surface area contributed by atoms with Gasteiger partial charge in [-0.3, -0.25) is 0 Å². The van der Waals surface area contributed by atoms with E-state index in [0.29, 0.717) is 17.2 Å². The summed E-state index contributed by atoms with van der Waals surface area (Å²) < 4.78 is 20.4. The molecule has 0 N–H and O–H groups in total. The monoisotopic (exact) mass is 366 g/mol. The van der Waals surface area contributed by atoms with Gasteiger partial charge in [0.2, 0.25) is 0 Å². The second-order valence-electron chi connectivity index (χ2n) is 7.90. The second kappa shape index (κ2) is 8.73. The van der Waals surface area contributed by atoms with Crippen molar-refractivity contribution in [1.29, 1.82) is 0 Å². The van der Waals surface area contributed by atoms with Gasteiger partial charge in [-0.1, -0.05) is 50.3 Å². The van der Waals surface area contributed by atoms with Crippen LogP contribution in [0.5, 0.6) is 5.75 Å². The summed E-state index contributed by atoms with van der Waals surface area (Å²) >= 11 is 0. The molecule has 144 valence electrons. The topological polar surface area (TPSA) is 9.23 Å².